The van der Waals surface area contributed by atoms with Gasteiger partial charge in [-0.05, 0) is 37.2 Å². The van der Waals surface area contributed by atoms with Gasteiger partial charge in [0.1, 0.15) is 6.04 Å². The molecule has 1 aliphatic rings. The lowest BCUT2D eigenvalue weighted by molar-refractivity contribution is 0.174. The molecule has 0 amide bonds. The number of benzene rings is 1. The number of hydrogen-bond acceptors (Lipinski definition) is 4. The Kier molecular flexibility index (Phi) is 4.64. The first-order valence-electron chi connectivity index (χ1n) is 6.83. The zero-order chi connectivity index (χ0) is 13.7. The van der Waals surface area contributed by atoms with Gasteiger partial charge in [0, 0.05) is 0 Å². The van der Waals surface area contributed by atoms with Gasteiger partial charge < -0.3 is 9.47 Å². The van der Waals surface area contributed by atoms with Crippen LogP contribution in [-0.2, 0) is 0 Å². The molecule has 102 valence electrons. The van der Waals surface area contributed by atoms with Gasteiger partial charge >= 0.3 is 0 Å². The van der Waals surface area contributed by atoms with E-state index in [1.54, 1.807) is 0 Å². The highest BCUT2D eigenvalue weighted by Gasteiger charge is 2.21. The van der Waals surface area contributed by atoms with Crippen LogP contribution in [0.25, 0.3) is 0 Å². The van der Waals surface area contributed by atoms with E-state index in [1.165, 1.54) is 0 Å². The predicted octanol–water partition coefficient (Wildman–Crippen LogP) is 3.10. The van der Waals surface area contributed by atoms with Gasteiger partial charge in [0.05, 0.1) is 6.07 Å². The van der Waals surface area contributed by atoms with Crippen molar-refractivity contribution in [2.45, 2.75) is 32.7 Å². The second kappa shape index (κ2) is 6.44. The zero-order valence-corrected chi connectivity index (χ0v) is 11.6. The number of ether oxygens (including phenoxy) is 2. The van der Waals surface area contributed by atoms with E-state index in [2.05, 4.69) is 24.8 Å². The molecule has 1 heterocycles. The van der Waals surface area contributed by atoms with Crippen LogP contribution in [0.15, 0.2) is 18.2 Å². The number of nitrogens with zero attached hydrogens (tertiary/aromatic N) is 2. The van der Waals surface area contributed by atoms with Gasteiger partial charge in [-0.3, -0.25) is 4.90 Å². The Balaban J connectivity index is 2.19. The maximum absolute atomic E-state index is 9.47. The molecule has 0 fully saturated rings. The summed E-state index contributed by atoms with van der Waals surface area (Å²) in [4.78, 5) is 2.20. The van der Waals surface area contributed by atoms with Crippen LogP contribution in [0.3, 0.4) is 0 Å². The van der Waals surface area contributed by atoms with Crippen LogP contribution in [0.2, 0.25) is 0 Å². The molecule has 0 radical (unpaired) electrons. The van der Waals surface area contributed by atoms with Crippen molar-refractivity contribution in [3.05, 3.63) is 23.8 Å². The lowest BCUT2D eigenvalue weighted by Gasteiger charge is -2.25. The molecule has 4 nitrogen and oxygen atoms in total. The summed E-state index contributed by atoms with van der Waals surface area (Å²) in [6.45, 7) is 6.33. The van der Waals surface area contributed by atoms with Crippen LogP contribution in [0, 0.1) is 11.3 Å². The fraction of sp³-hybridized carbons (Fsp3) is 0.533. The van der Waals surface area contributed by atoms with E-state index in [4.69, 9.17) is 9.47 Å². The third-order valence-electron chi connectivity index (χ3n) is 3.40. The molecule has 0 aliphatic carbocycles. The van der Waals surface area contributed by atoms with Crippen molar-refractivity contribution in [2.75, 3.05) is 19.9 Å². The molecule has 0 aromatic heterocycles. The summed E-state index contributed by atoms with van der Waals surface area (Å²) in [5, 5.41) is 9.47. The molecule has 0 saturated carbocycles. The van der Waals surface area contributed by atoms with Gasteiger partial charge in [-0.2, -0.15) is 5.26 Å². The quantitative estimate of drug-likeness (QED) is 0.788. The summed E-state index contributed by atoms with van der Waals surface area (Å²) in [6.07, 6.45) is 2.24. The first kappa shape index (κ1) is 13.7. The molecule has 1 atom stereocenters. The van der Waals surface area contributed by atoms with Gasteiger partial charge in [-0.15, -0.1) is 0 Å². The summed E-state index contributed by atoms with van der Waals surface area (Å²) < 4.78 is 10.7. The van der Waals surface area contributed by atoms with Crippen LogP contribution < -0.4 is 9.47 Å². The molecular weight excluding hydrogens is 240 g/mol. The Hall–Kier alpha value is -1.73. The minimum atomic E-state index is -0.217. The fourth-order valence-corrected chi connectivity index (χ4v) is 2.28. The fourth-order valence-electron chi connectivity index (χ4n) is 2.28. The molecule has 1 aromatic rings. The third kappa shape index (κ3) is 2.99. The van der Waals surface area contributed by atoms with E-state index in [1.807, 2.05) is 18.2 Å². The Morgan fingerprint density at radius 1 is 1.32 bits per heavy atom. The zero-order valence-electron chi connectivity index (χ0n) is 11.6. The summed E-state index contributed by atoms with van der Waals surface area (Å²) >= 11 is 0. The predicted molar refractivity (Wildman–Crippen MR) is 73.1 cm³/mol. The number of nitriles is 1. The lowest BCUT2D eigenvalue weighted by atomic mass is 10.1. The van der Waals surface area contributed by atoms with Crippen LogP contribution in [-0.4, -0.2) is 24.8 Å². The average Bonchev–Trinajstić information content (AvgIpc) is 2.90. The molecule has 0 bridgehead atoms. The van der Waals surface area contributed by atoms with E-state index < -0.39 is 0 Å². The van der Waals surface area contributed by atoms with Crippen molar-refractivity contribution in [1.29, 1.82) is 5.26 Å². The summed E-state index contributed by atoms with van der Waals surface area (Å²) in [7, 11) is 0. The van der Waals surface area contributed by atoms with Crippen molar-refractivity contribution >= 4 is 0 Å². The van der Waals surface area contributed by atoms with Gasteiger partial charge in [-0.1, -0.05) is 26.3 Å². The maximum Gasteiger partial charge on any atom is 0.231 e. The Morgan fingerprint density at radius 2 is 2.11 bits per heavy atom. The summed E-state index contributed by atoms with van der Waals surface area (Å²) in [6, 6.07) is 7.94. The number of hydrogen-bond donors (Lipinski definition) is 0. The van der Waals surface area contributed by atoms with Crippen LogP contribution in [0.1, 0.15) is 38.3 Å². The third-order valence-corrected chi connectivity index (χ3v) is 3.40. The minimum absolute atomic E-state index is 0.217. The van der Waals surface area contributed by atoms with E-state index in [0.717, 1.165) is 43.0 Å². The Bertz CT molecular complexity index is 468. The molecule has 19 heavy (non-hydrogen) atoms. The van der Waals surface area contributed by atoms with Crippen LogP contribution >= 0.6 is 0 Å². The standard InChI is InChI=1S/C15H20N2O2/c1-3-5-8-17(4-2)13(10-16)12-6-7-14-15(9-12)19-11-18-14/h6-7,9,13H,3-5,8,11H2,1-2H3. The van der Waals surface area contributed by atoms with Crippen molar-refractivity contribution in [1.82, 2.24) is 4.90 Å². The largest absolute Gasteiger partial charge is 0.454 e. The van der Waals surface area contributed by atoms with E-state index in [9.17, 15) is 5.26 Å². The van der Waals surface area contributed by atoms with Crippen LogP contribution in [0.5, 0.6) is 11.5 Å². The molecule has 0 saturated heterocycles. The van der Waals surface area contributed by atoms with Crippen LogP contribution in [0.4, 0.5) is 0 Å². The molecule has 1 aliphatic heterocycles. The summed E-state index contributed by atoms with van der Waals surface area (Å²) in [5.74, 6) is 1.50. The van der Waals surface area contributed by atoms with Gasteiger partial charge in [-0.25, -0.2) is 0 Å². The Morgan fingerprint density at radius 3 is 2.79 bits per heavy atom. The average molecular weight is 260 g/mol. The number of fused-ring (bicyclic) bond motifs is 1. The smallest absolute Gasteiger partial charge is 0.231 e. The number of unbranched alkanes of at least 4 members (excludes halogenated alkanes) is 1. The van der Waals surface area contributed by atoms with Crippen molar-refractivity contribution in [3.63, 3.8) is 0 Å². The maximum atomic E-state index is 9.47. The normalized spacial score (nSPS) is 14.4. The lowest BCUT2D eigenvalue weighted by Crippen LogP contribution is -2.28. The SMILES string of the molecule is CCCCN(CC)C(C#N)c1ccc2c(c1)OCO2. The molecule has 1 unspecified atom stereocenters. The Labute approximate surface area is 114 Å². The highest BCUT2D eigenvalue weighted by Crippen LogP contribution is 2.35. The molecule has 4 heteroatoms. The van der Waals surface area contributed by atoms with E-state index in [-0.39, 0.29) is 12.8 Å². The van der Waals surface area contributed by atoms with Crippen molar-refractivity contribution in [3.8, 4) is 17.6 Å². The second-order valence-corrected chi connectivity index (χ2v) is 4.63. The first-order valence-corrected chi connectivity index (χ1v) is 6.83. The monoisotopic (exact) mass is 260 g/mol. The minimum Gasteiger partial charge on any atom is -0.454 e. The highest BCUT2D eigenvalue weighted by molar-refractivity contribution is 5.46. The van der Waals surface area contributed by atoms with E-state index >= 15 is 0 Å². The molecule has 2 rings (SSSR count). The van der Waals surface area contributed by atoms with E-state index in [0.29, 0.717) is 0 Å². The van der Waals surface area contributed by atoms with Crippen molar-refractivity contribution < 1.29 is 9.47 Å². The molecule has 1 aromatic carbocycles. The topological polar surface area (TPSA) is 45.5 Å². The highest BCUT2D eigenvalue weighted by atomic mass is 16.7. The van der Waals surface area contributed by atoms with Crippen molar-refractivity contribution in [2.24, 2.45) is 0 Å². The first-order chi connectivity index (χ1) is 9.30. The molecular formula is C15H20N2O2. The molecule has 0 N–H and O–H groups in total. The molecule has 0 spiro atoms. The second-order valence-electron chi connectivity index (χ2n) is 4.63. The summed E-state index contributed by atoms with van der Waals surface area (Å²) in [5.41, 5.74) is 0.977. The van der Waals surface area contributed by atoms with Gasteiger partial charge in [0.2, 0.25) is 6.79 Å². The van der Waals surface area contributed by atoms with Gasteiger partial charge in [0.15, 0.2) is 11.5 Å². The van der Waals surface area contributed by atoms with Gasteiger partial charge in [0.25, 0.3) is 0 Å². The number of rotatable bonds is 6.